The van der Waals surface area contributed by atoms with Crippen LogP contribution >= 0.6 is 0 Å². The maximum Gasteiger partial charge on any atom is 0.303 e. The van der Waals surface area contributed by atoms with Crippen LogP contribution in [0.4, 0.5) is 0 Å². The van der Waals surface area contributed by atoms with Gasteiger partial charge in [0.25, 0.3) is 0 Å². The van der Waals surface area contributed by atoms with E-state index in [1.54, 1.807) is 0 Å². The van der Waals surface area contributed by atoms with Crippen LogP contribution in [-0.2, 0) is 42.9 Å². The zero-order valence-electron chi connectivity index (χ0n) is 21.2. The van der Waals surface area contributed by atoms with Crippen LogP contribution in [-0.4, -0.2) is 67.2 Å². The Hall–Kier alpha value is -2.20. The van der Waals surface area contributed by atoms with Gasteiger partial charge in [0.15, 0.2) is 18.5 Å². The van der Waals surface area contributed by atoms with Crippen molar-refractivity contribution in [3.8, 4) is 0 Å². The summed E-state index contributed by atoms with van der Waals surface area (Å²) in [6.45, 7) is 11.2. The molecule has 1 N–H and O–H groups in total. The quantitative estimate of drug-likeness (QED) is 0.406. The molecule has 1 amide bonds. The predicted octanol–water partition coefficient (Wildman–Crippen LogP) is 2.12. The SMILES string of the molecule is CC(=O)N[C@H]1[C@H](O[C@H]2C[C@@H](C)CC[C@@H]2C(C)C)O[C@H](COC(C)=O)[C@@H](OC(C)=O)[C@@H]1OC(C)=O. The highest BCUT2D eigenvalue weighted by Gasteiger charge is 2.52. The highest BCUT2D eigenvalue weighted by atomic mass is 16.7. The van der Waals surface area contributed by atoms with Crippen LogP contribution < -0.4 is 5.32 Å². The largest absolute Gasteiger partial charge is 0.463 e. The van der Waals surface area contributed by atoms with Gasteiger partial charge in [0.05, 0.1) is 6.10 Å². The van der Waals surface area contributed by atoms with Crippen molar-refractivity contribution in [2.24, 2.45) is 17.8 Å². The number of carbonyl (C=O) groups excluding carboxylic acids is 4. The summed E-state index contributed by atoms with van der Waals surface area (Å²) >= 11 is 0. The summed E-state index contributed by atoms with van der Waals surface area (Å²) in [5.74, 6) is -1.10. The second kappa shape index (κ2) is 12.5. The van der Waals surface area contributed by atoms with Gasteiger partial charge in [0, 0.05) is 27.7 Å². The molecule has 0 bridgehead atoms. The van der Waals surface area contributed by atoms with Crippen molar-refractivity contribution in [3.05, 3.63) is 0 Å². The van der Waals surface area contributed by atoms with Crippen LogP contribution in [0.15, 0.2) is 0 Å². The Bertz CT molecular complexity index is 740. The zero-order valence-corrected chi connectivity index (χ0v) is 21.2. The molecule has 0 aromatic carbocycles. The normalized spacial score (nSPS) is 33.6. The van der Waals surface area contributed by atoms with E-state index in [2.05, 4.69) is 26.1 Å². The molecule has 8 atom stereocenters. The van der Waals surface area contributed by atoms with Crippen LogP contribution in [0.25, 0.3) is 0 Å². The van der Waals surface area contributed by atoms with Gasteiger partial charge in [-0.25, -0.2) is 0 Å². The molecule has 0 unspecified atom stereocenters. The summed E-state index contributed by atoms with van der Waals surface area (Å²) in [7, 11) is 0. The molecular weight excluding hydrogens is 446 g/mol. The summed E-state index contributed by atoms with van der Waals surface area (Å²) in [4.78, 5) is 47.4. The van der Waals surface area contributed by atoms with Gasteiger partial charge in [0.2, 0.25) is 5.91 Å². The first kappa shape index (κ1) is 28.0. The van der Waals surface area contributed by atoms with Crippen molar-refractivity contribution in [3.63, 3.8) is 0 Å². The number of ether oxygens (including phenoxy) is 5. The third kappa shape index (κ3) is 7.94. The number of hydrogen-bond acceptors (Lipinski definition) is 9. The Morgan fingerprint density at radius 2 is 1.56 bits per heavy atom. The van der Waals surface area contributed by atoms with Crippen molar-refractivity contribution in [1.29, 1.82) is 0 Å². The molecule has 1 saturated heterocycles. The Labute approximate surface area is 201 Å². The summed E-state index contributed by atoms with van der Waals surface area (Å²) in [5.41, 5.74) is 0. The number of esters is 3. The Kier molecular flexibility index (Phi) is 10.3. The topological polar surface area (TPSA) is 126 Å². The van der Waals surface area contributed by atoms with Crippen molar-refractivity contribution >= 4 is 23.8 Å². The van der Waals surface area contributed by atoms with Gasteiger partial charge in [0.1, 0.15) is 18.8 Å². The molecule has 0 aromatic heterocycles. The highest BCUT2D eigenvalue weighted by Crippen LogP contribution is 2.38. The lowest BCUT2D eigenvalue weighted by Gasteiger charge is -2.47. The molecule has 0 radical (unpaired) electrons. The fourth-order valence-corrected chi connectivity index (χ4v) is 4.85. The average molecular weight is 486 g/mol. The third-order valence-electron chi connectivity index (χ3n) is 6.34. The number of hydrogen-bond donors (Lipinski definition) is 1. The summed E-state index contributed by atoms with van der Waals surface area (Å²) in [5, 5.41) is 2.76. The van der Waals surface area contributed by atoms with E-state index in [1.807, 2.05) is 0 Å². The first-order chi connectivity index (χ1) is 15.9. The molecule has 10 heteroatoms. The number of rotatable bonds is 8. The van der Waals surface area contributed by atoms with E-state index in [0.29, 0.717) is 11.8 Å². The minimum absolute atomic E-state index is 0.150. The monoisotopic (exact) mass is 485 g/mol. The summed E-state index contributed by atoms with van der Waals surface area (Å²) in [6, 6.07) is -0.940. The van der Waals surface area contributed by atoms with Crippen LogP contribution in [0.5, 0.6) is 0 Å². The van der Waals surface area contributed by atoms with E-state index in [0.717, 1.165) is 19.3 Å². The third-order valence-corrected chi connectivity index (χ3v) is 6.34. The molecule has 2 aliphatic rings. The van der Waals surface area contributed by atoms with E-state index in [1.165, 1.54) is 27.7 Å². The van der Waals surface area contributed by atoms with Crippen molar-refractivity contribution in [2.45, 2.75) is 104 Å². The summed E-state index contributed by atoms with van der Waals surface area (Å²) in [6.07, 6.45) is -1.45. The first-order valence-electron chi connectivity index (χ1n) is 11.9. The second-order valence-corrected chi connectivity index (χ2v) is 9.72. The van der Waals surface area contributed by atoms with E-state index in [-0.39, 0.29) is 18.6 Å². The predicted molar refractivity (Wildman–Crippen MR) is 120 cm³/mol. The summed E-state index contributed by atoms with van der Waals surface area (Å²) < 4.78 is 28.8. The maximum atomic E-state index is 12.1. The molecule has 1 saturated carbocycles. The number of carbonyl (C=O) groups is 4. The molecule has 0 spiro atoms. The molecule has 194 valence electrons. The number of nitrogens with one attached hydrogen (secondary N) is 1. The van der Waals surface area contributed by atoms with Gasteiger partial charge in [-0.05, 0) is 30.6 Å². The van der Waals surface area contributed by atoms with Gasteiger partial charge in [-0.1, -0.05) is 27.2 Å². The van der Waals surface area contributed by atoms with E-state index < -0.39 is 54.5 Å². The van der Waals surface area contributed by atoms with Crippen molar-refractivity contribution in [2.75, 3.05) is 6.61 Å². The molecule has 34 heavy (non-hydrogen) atoms. The molecule has 1 aliphatic heterocycles. The maximum absolute atomic E-state index is 12.1. The van der Waals surface area contributed by atoms with Gasteiger partial charge in [-0.15, -0.1) is 0 Å². The van der Waals surface area contributed by atoms with Crippen molar-refractivity contribution in [1.82, 2.24) is 5.32 Å². The Morgan fingerprint density at radius 3 is 2.09 bits per heavy atom. The zero-order chi connectivity index (χ0) is 25.6. The first-order valence-corrected chi connectivity index (χ1v) is 11.9. The molecule has 1 heterocycles. The average Bonchev–Trinajstić information content (AvgIpc) is 2.69. The highest BCUT2D eigenvalue weighted by molar-refractivity contribution is 5.73. The fraction of sp³-hybridized carbons (Fsp3) is 0.833. The van der Waals surface area contributed by atoms with Gasteiger partial charge >= 0.3 is 17.9 Å². The molecule has 1 aliphatic carbocycles. The van der Waals surface area contributed by atoms with Crippen LogP contribution in [0.3, 0.4) is 0 Å². The molecular formula is C24H39NO9. The van der Waals surface area contributed by atoms with Gasteiger partial charge < -0.3 is 29.0 Å². The minimum atomic E-state index is -1.12. The molecule has 2 fully saturated rings. The minimum Gasteiger partial charge on any atom is -0.463 e. The Balaban J connectivity index is 2.43. The van der Waals surface area contributed by atoms with Gasteiger partial charge in [-0.3, -0.25) is 19.2 Å². The lowest BCUT2D eigenvalue weighted by molar-refractivity contribution is -0.295. The second-order valence-electron chi connectivity index (χ2n) is 9.72. The van der Waals surface area contributed by atoms with Gasteiger partial charge in [-0.2, -0.15) is 0 Å². The van der Waals surface area contributed by atoms with Crippen LogP contribution in [0.2, 0.25) is 0 Å². The number of amides is 1. The molecule has 0 aromatic rings. The van der Waals surface area contributed by atoms with Crippen LogP contribution in [0, 0.1) is 17.8 Å². The van der Waals surface area contributed by atoms with E-state index in [4.69, 9.17) is 23.7 Å². The lowest BCUT2D eigenvalue weighted by Crippen LogP contribution is -2.67. The standard InChI is InChI=1S/C24H39NO9/c1-12(2)18-9-8-13(3)10-19(18)33-24-21(25-14(4)26)23(32-17(7)29)22(31-16(6)28)20(34-24)11-30-15(5)27/h12-13,18-24H,8-11H2,1-7H3,(H,25,26)/t13-,18+,19-,20+,21+,22+,23+,24+/m0/s1. The van der Waals surface area contributed by atoms with E-state index >= 15 is 0 Å². The fourth-order valence-electron chi connectivity index (χ4n) is 4.85. The molecule has 10 nitrogen and oxygen atoms in total. The van der Waals surface area contributed by atoms with Crippen LogP contribution in [0.1, 0.15) is 67.7 Å². The Morgan fingerprint density at radius 1 is 0.941 bits per heavy atom. The van der Waals surface area contributed by atoms with Crippen molar-refractivity contribution < 1.29 is 42.9 Å². The smallest absolute Gasteiger partial charge is 0.303 e. The molecule has 2 rings (SSSR count). The lowest BCUT2D eigenvalue weighted by atomic mass is 9.75. The van der Waals surface area contributed by atoms with E-state index in [9.17, 15) is 19.2 Å².